The number of halogens is 4. The number of ether oxygens (including phenoxy) is 2. The van der Waals surface area contributed by atoms with Crippen molar-refractivity contribution in [1.29, 1.82) is 0 Å². The van der Waals surface area contributed by atoms with Gasteiger partial charge in [-0.25, -0.2) is 0 Å². The van der Waals surface area contributed by atoms with Crippen LogP contribution in [0.15, 0.2) is 83.9 Å². The highest BCUT2D eigenvalue weighted by atomic mass is 35.5. The summed E-state index contributed by atoms with van der Waals surface area (Å²) in [5.74, 6) is 0.743. The molecule has 0 amide bonds. The van der Waals surface area contributed by atoms with E-state index in [-0.39, 0.29) is 11.6 Å². The maximum Gasteiger partial charge on any atom is 0.573 e. The van der Waals surface area contributed by atoms with E-state index >= 15 is 0 Å². The number of benzene rings is 3. The molecule has 0 aliphatic heterocycles. The minimum atomic E-state index is -4.81. The molecule has 3 aromatic rings. The van der Waals surface area contributed by atoms with Gasteiger partial charge in [0.15, 0.2) is 0 Å². The first-order valence-corrected chi connectivity index (χ1v) is 9.83. The van der Waals surface area contributed by atoms with Gasteiger partial charge in [0, 0.05) is 6.21 Å². The number of aliphatic hydroxyl groups is 1. The molecule has 0 saturated carbocycles. The Morgan fingerprint density at radius 1 is 0.871 bits per heavy atom. The van der Waals surface area contributed by atoms with Crippen molar-refractivity contribution in [3.8, 4) is 17.2 Å². The van der Waals surface area contributed by atoms with Crippen molar-refractivity contribution < 1.29 is 27.8 Å². The molecular formula is C23H19ClF3NO3. The van der Waals surface area contributed by atoms with Crippen molar-refractivity contribution in [3.05, 3.63) is 90.0 Å². The fourth-order valence-corrected chi connectivity index (χ4v) is 2.92. The molecule has 0 heterocycles. The molecule has 0 aliphatic rings. The molecule has 0 radical (unpaired) electrons. The van der Waals surface area contributed by atoms with Crippen LogP contribution in [0.3, 0.4) is 0 Å². The second-order valence-corrected chi connectivity index (χ2v) is 6.84. The fourth-order valence-electron chi connectivity index (χ4n) is 2.84. The number of hydrogen-bond donors (Lipinski definition) is 1. The first-order chi connectivity index (χ1) is 14.8. The maximum absolute atomic E-state index is 12.6. The van der Waals surface area contributed by atoms with Crippen LogP contribution in [0.4, 0.5) is 13.2 Å². The van der Waals surface area contributed by atoms with Gasteiger partial charge in [-0.05, 0) is 47.5 Å². The second-order valence-electron chi connectivity index (χ2n) is 6.53. The Kier molecular flexibility index (Phi) is 7.55. The highest BCUT2D eigenvalue weighted by Gasteiger charge is 2.31. The Hall–Kier alpha value is -3.03. The Labute approximate surface area is 182 Å². The summed E-state index contributed by atoms with van der Waals surface area (Å²) < 4.78 is 47.8. The Bertz CT molecular complexity index is 1010. The Morgan fingerprint density at radius 2 is 1.45 bits per heavy atom. The Morgan fingerprint density at radius 3 is 2.06 bits per heavy atom. The van der Waals surface area contributed by atoms with Crippen molar-refractivity contribution in [2.45, 2.75) is 18.5 Å². The number of hydrogen-bond acceptors (Lipinski definition) is 4. The SMILES string of the molecule is OC(C=NC(c1cccc(Oc2ccccc2)c1)c1cccc(OC(F)(F)F)c1)CCl. The second kappa shape index (κ2) is 10.3. The smallest absolute Gasteiger partial charge is 0.457 e. The Balaban J connectivity index is 1.95. The molecule has 2 atom stereocenters. The van der Waals surface area contributed by atoms with Crippen LogP contribution in [0.1, 0.15) is 17.2 Å². The largest absolute Gasteiger partial charge is 0.573 e. The van der Waals surface area contributed by atoms with Gasteiger partial charge in [0.1, 0.15) is 23.4 Å². The summed E-state index contributed by atoms with van der Waals surface area (Å²) in [5.41, 5.74) is 1.09. The van der Waals surface area contributed by atoms with Gasteiger partial charge < -0.3 is 14.6 Å². The van der Waals surface area contributed by atoms with Crippen molar-refractivity contribution in [2.24, 2.45) is 4.99 Å². The quantitative estimate of drug-likeness (QED) is 0.332. The molecule has 2 unspecified atom stereocenters. The fraction of sp³-hybridized carbons (Fsp3) is 0.174. The molecule has 0 bridgehead atoms. The number of aliphatic imine (C=N–C) groups is 1. The lowest BCUT2D eigenvalue weighted by atomic mass is 9.98. The van der Waals surface area contributed by atoms with Crippen LogP contribution in [0, 0.1) is 0 Å². The number of nitrogens with zero attached hydrogens (tertiary/aromatic N) is 1. The van der Waals surface area contributed by atoms with Gasteiger partial charge in [0.05, 0.1) is 11.9 Å². The first-order valence-electron chi connectivity index (χ1n) is 9.30. The molecule has 8 heteroatoms. The maximum atomic E-state index is 12.6. The number of para-hydroxylation sites is 1. The van der Waals surface area contributed by atoms with Crippen LogP contribution < -0.4 is 9.47 Å². The van der Waals surface area contributed by atoms with E-state index in [4.69, 9.17) is 16.3 Å². The average Bonchev–Trinajstić information content (AvgIpc) is 2.74. The lowest BCUT2D eigenvalue weighted by molar-refractivity contribution is -0.274. The van der Waals surface area contributed by atoms with Gasteiger partial charge in [-0.1, -0.05) is 42.5 Å². The molecule has 3 rings (SSSR count). The van der Waals surface area contributed by atoms with Gasteiger partial charge in [0.25, 0.3) is 0 Å². The van der Waals surface area contributed by atoms with Crippen LogP contribution in [0.5, 0.6) is 17.2 Å². The summed E-state index contributed by atoms with van der Waals surface area (Å²) in [6.45, 7) is 0. The van der Waals surface area contributed by atoms with Crippen molar-refractivity contribution in [1.82, 2.24) is 0 Å². The third-order valence-electron chi connectivity index (χ3n) is 4.13. The van der Waals surface area contributed by atoms with Gasteiger partial charge >= 0.3 is 6.36 Å². The predicted molar refractivity (Wildman–Crippen MR) is 113 cm³/mol. The first kappa shape index (κ1) is 22.7. The lowest BCUT2D eigenvalue weighted by Crippen LogP contribution is -2.17. The zero-order valence-electron chi connectivity index (χ0n) is 16.2. The third-order valence-corrected chi connectivity index (χ3v) is 4.44. The van der Waals surface area contributed by atoms with E-state index in [2.05, 4.69) is 9.73 Å². The van der Waals surface area contributed by atoms with E-state index in [9.17, 15) is 18.3 Å². The molecule has 0 fully saturated rings. The molecule has 0 spiro atoms. The third kappa shape index (κ3) is 7.01. The van der Waals surface area contributed by atoms with E-state index < -0.39 is 18.5 Å². The van der Waals surface area contributed by atoms with Gasteiger partial charge in [-0.3, -0.25) is 4.99 Å². The van der Waals surface area contributed by atoms with E-state index in [1.54, 1.807) is 42.5 Å². The van der Waals surface area contributed by atoms with Gasteiger partial charge in [-0.15, -0.1) is 24.8 Å². The van der Waals surface area contributed by atoms with Crippen molar-refractivity contribution in [3.63, 3.8) is 0 Å². The molecule has 31 heavy (non-hydrogen) atoms. The van der Waals surface area contributed by atoms with Crippen LogP contribution >= 0.6 is 11.6 Å². The van der Waals surface area contributed by atoms with Crippen molar-refractivity contribution in [2.75, 3.05) is 5.88 Å². The topological polar surface area (TPSA) is 51.1 Å². The molecule has 162 valence electrons. The zero-order chi connectivity index (χ0) is 22.3. The average molecular weight is 450 g/mol. The highest BCUT2D eigenvalue weighted by Crippen LogP contribution is 2.33. The minimum Gasteiger partial charge on any atom is -0.457 e. The molecular weight excluding hydrogens is 431 g/mol. The van der Waals surface area contributed by atoms with E-state index in [1.165, 1.54) is 24.4 Å². The molecule has 0 aromatic heterocycles. The van der Waals surface area contributed by atoms with E-state index in [0.717, 1.165) is 0 Å². The number of rotatable bonds is 8. The van der Waals surface area contributed by atoms with Gasteiger partial charge in [0.2, 0.25) is 0 Å². The summed E-state index contributed by atoms with van der Waals surface area (Å²) in [5, 5.41) is 9.78. The molecule has 1 N–H and O–H groups in total. The monoisotopic (exact) mass is 449 g/mol. The summed E-state index contributed by atoms with van der Waals surface area (Å²) in [6, 6.07) is 21.0. The van der Waals surface area contributed by atoms with E-state index in [1.807, 2.05) is 18.2 Å². The molecule has 3 aromatic carbocycles. The van der Waals surface area contributed by atoms with Crippen molar-refractivity contribution >= 4 is 17.8 Å². The number of aliphatic hydroxyl groups excluding tert-OH is 1. The number of alkyl halides is 4. The molecule has 0 aliphatic carbocycles. The van der Waals surface area contributed by atoms with Crippen LogP contribution in [-0.2, 0) is 0 Å². The summed E-state index contributed by atoms with van der Waals surface area (Å²) in [4.78, 5) is 4.37. The highest BCUT2D eigenvalue weighted by molar-refractivity contribution is 6.19. The lowest BCUT2D eigenvalue weighted by Gasteiger charge is -2.17. The van der Waals surface area contributed by atoms with Gasteiger partial charge in [-0.2, -0.15) is 0 Å². The van der Waals surface area contributed by atoms with E-state index in [0.29, 0.717) is 22.6 Å². The molecule has 0 saturated heterocycles. The normalized spacial score (nSPS) is 13.7. The van der Waals surface area contributed by atoms with Crippen LogP contribution in [0.2, 0.25) is 0 Å². The summed E-state index contributed by atoms with van der Waals surface area (Å²) in [6.07, 6.45) is -4.54. The van der Waals surface area contributed by atoms with Crippen LogP contribution in [0.25, 0.3) is 0 Å². The summed E-state index contributed by atoms with van der Waals surface area (Å²) in [7, 11) is 0. The standard InChI is InChI=1S/C23H19ClF3NO3/c24-14-18(29)15-28-22(17-7-5-11-21(13-17)31-23(25,26)27)16-6-4-10-20(12-16)30-19-8-2-1-3-9-19/h1-13,15,18,22,29H,14H2. The zero-order valence-corrected chi connectivity index (χ0v) is 16.9. The molecule has 4 nitrogen and oxygen atoms in total. The van der Waals surface area contributed by atoms with Crippen LogP contribution in [-0.4, -0.2) is 29.7 Å². The minimum absolute atomic E-state index is 0.0649. The predicted octanol–water partition coefficient (Wildman–Crippen LogP) is 6.14. The summed E-state index contributed by atoms with van der Waals surface area (Å²) >= 11 is 5.63.